The molecular formula is C20H23NO3. The van der Waals surface area contributed by atoms with Crippen LogP contribution in [-0.4, -0.2) is 25.0 Å². The topological polar surface area (TPSA) is 55.4 Å². The van der Waals surface area contributed by atoms with Crippen LogP contribution >= 0.6 is 0 Å². The Hall–Kier alpha value is -2.62. The second-order valence-electron chi connectivity index (χ2n) is 6.01. The summed E-state index contributed by atoms with van der Waals surface area (Å²) in [6, 6.07) is 18.4. The first-order valence-electron chi connectivity index (χ1n) is 8.02. The van der Waals surface area contributed by atoms with Gasteiger partial charge in [-0.05, 0) is 17.0 Å². The zero-order valence-electron chi connectivity index (χ0n) is 14.2. The summed E-state index contributed by atoms with van der Waals surface area (Å²) in [7, 11) is 1.33. The predicted octanol–water partition coefficient (Wildman–Crippen LogP) is 3.13. The molecule has 0 bridgehead atoms. The Labute approximate surface area is 142 Å². The first kappa shape index (κ1) is 17.7. The maximum Gasteiger partial charge on any atom is 0.328 e. The number of benzene rings is 2. The summed E-state index contributed by atoms with van der Waals surface area (Å²) < 4.78 is 4.81. The summed E-state index contributed by atoms with van der Waals surface area (Å²) in [4.78, 5) is 24.9. The van der Waals surface area contributed by atoms with Crippen molar-refractivity contribution < 1.29 is 14.3 Å². The maximum absolute atomic E-state index is 13.0. The van der Waals surface area contributed by atoms with Crippen LogP contribution in [0.15, 0.2) is 60.7 Å². The minimum atomic E-state index is -0.669. The van der Waals surface area contributed by atoms with Crippen molar-refractivity contribution in [2.45, 2.75) is 25.8 Å². The van der Waals surface area contributed by atoms with Gasteiger partial charge in [-0.15, -0.1) is 0 Å². The third-order valence-corrected chi connectivity index (χ3v) is 3.95. The van der Waals surface area contributed by atoms with E-state index < -0.39 is 17.9 Å². The van der Waals surface area contributed by atoms with Crippen LogP contribution in [0.1, 0.15) is 30.9 Å². The van der Waals surface area contributed by atoms with Gasteiger partial charge in [0.15, 0.2) is 0 Å². The summed E-state index contributed by atoms with van der Waals surface area (Å²) in [6.45, 7) is 3.75. The van der Waals surface area contributed by atoms with Gasteiger partial charge in [-0.3, -0.25) is 4.79 Å². The minimum absolute atomic E-state index is 0.0615. The molecule has 0 fully saturated rings. The predicted molar refractivity (Wildman–Crippen MR) is 93.5 cm³/mol. The van der Waals surface area contributed by atoms with Crippen LogP contribution in [0, 0.1) is 5.92 Å². The van der Waals surface area contributed by atoms with Gasteiger partial charge in [0.1, 0.15) is 6.04 Å². The molecule has 0 spiro atoms. The lowest BCUT2D eigenvalue weighted by Gasteiger charge is -2.24. The zero-order chi connectivity index (χ0) is 17.5. The Bertz CT molecular complexity index is 628. The van der Waals surface area contributed by atoms with Gasteiger partial charge in [-0.1, -0.05) is 74.5 Å². The van der Waals surface area contributed by atoms with Crippen molar-refractivity contribution in [3.63, 3.8) is 0 Å². The lowest BCUT2D eigenvalue weighted by Crippen LogP contribution is -2.46. The first-order chi connectivity index (χ1) is 11.5. The van der Waals surface area contributed by atoms with Crippen LogP contribution in [0.3, 0.4) is 0 Å². The van der Waals surface area contributed by atoms with E-state index in [0.717, 1.165) is 11.1 Å². The number of methoxy groups -OCH3 is 1. The van der Waals surface area contributed by atoms with Crippen molar-refractivity contribution in [1.82, 2.24) is 5.32 Å². The molecule has 1 amide bonds. The van der Waals surface area contributed by atoms with Crippen molar-refractivity contribution in [3.8, 4) is 0 Å². The van der Waals surface area contributed by atoms with Crippen LogP contribution in [0.4, 0.5) is 0 Å². The highest BCUT2D eigenvalue weighted by Gasteiger charge is 2.30. The van der Waals surface area contributed by atoms with Crippen LogP contribution in [0.5, 0.6) is 0 Å². The van der Waals surface area contributed by atoms with Crippen molar-refractivity contribution in [2.24, 2.45) is 5.92 Å². The Morgan fingerprint density at radius 2 is 1.33 bits per heavy atom. The molecule has 2 aromatic rings. The average molecular weight is 325 g/mol. The minimum Gasteiger partial charge on any atom is -0.467 e. The number of esters is 1. The molecule has 0 radical (unpaired) electrons. The lowest BCUT2D eigenvalue weighted by molar-refractivity contribution is -0.146. The number of carbonyl (C=O) groups excluding carboxylic acids is 2. The molecule has 0 saturated heterocycles. The SMILES string of the molecule is COC(=O)C(NC(=O)C(c1ccccc1)c1ccccc1)C(C)C. The molecule has 4 heteroatoms. The van der Waals surface area contributed by atoms with E-state index >= 15 is 0 Å². The fraction of sp³-hybridized carbons (Fsp3) is 0.300. The molecule has 0 saturated carbocycles. The second-order valence-corrected chi connectivity index (χ2v) is 6.01. The fourth-order valence-corrected chi connectivity index (χ4v) is 2.65. The Morgan fingerprint density at radius 1 is 0.875 bits per heavy atom. The molecule has 2 rings (SSSR count). The monoisotopic (exact) mass is 325 g/mol. The highest BCUT2D eigenvalue weighted by atomic mass is 16.5. The Balaban J connectivity index is 2.34. The maximum atomic E-state index is 13.0. The van der Waals surface area contributed by atoms with Gasteiger partial charge < -0.3 is 10.1 Å². The number of amides is 1. The van der Waals surface area contributed by atoms with Gasteiger partial charge in [0.2, 0.25) is 5.91 Å². The average Bonchev–Trinajstić information content (AvgIpc) is 2.61. The lowest BCUT2D eigenvalue weighted by atomic mass is 9.90. The van der Waals surface area contributed by atoms with E-state index in [2.05, 4.69) is 5.32 Å². The first-order valence-corrected chi connectivity index (χ1v) is 8.02. The number of ether oxygens (including phenoxy) is 1. The van der Waals surface area contributed by atoms with E-state index in [9.17, 15) is 9.59 Å². The molecular weight excluding hydrogens is 302 g/mol. The van der Waals surface area contributed by atoms with Crippen LogP contribution in [0.25, 0.3) is 0 Å². The van der Waals surface area contributed by atoms with E-state index in [4.69, 9.17) is 4.74 Å². The zero-order valence-corrected chi connectivity index (χ0v) is 14.2. The summed E-state index contributed by atoms with van der Waals surface area (Å²) >= 11 is 0. The Morgan fingerprint density at radius 3 is 1.71 bits per heavy atom. The van der Waals surface area contributed by atoms with E-state index in [1.54, 1.807) is 0 Å². The van der Waals surface area contributed by atoms with Gasteiger partial charge >= 0.3 is 5.97 Å². The van der Waals surface area contributed by atoms with Crippen molar-refractivity contribution in [1.29, 1.82) is 0 Å². The molecule has 0 aliphatic heterocycles. The smallest absolute Gasteiger partial charge is 0.328 e. The van der Waals surface area contributed by atoms with Crippen molar-refractivity contribution in [2.75, 3.05) is 7.11 Å². The highest BCUT2D eigenvalue weighted by Crippen LogP contribution is 2.25. The highest BCUT2D eigenvalue weighted by molar-refractivity contribution is 5.91. The number of rotatable bonds is 6. The molecule has 1 unspecified atom stereocenters. The number of hydrogen-bond donors (Lipinski definition) is 1. The summed E-state index contributed by atoms with van der Waals surface area (Å²) in [6.07, 6.45) is 0. The third kappa shape index (κ3) is 4.22. The van der Waals surface area contributed by atoms with Crippen LogP contribution in [-0.2, 0) is 14.3 Å². The molecule has 0 aliphatic rings. The standard InChI is InChI=1S/C20H23NO3/c1-14(2)18(20(23)24-3)21-19(22)17(15-10-6-4-7-11-15)16-12-8-5-9-13-16/h4-14,17-18H,1-3H3,(H,21,22). The van der Waals surface area contributed by atoms with Crippen LogP contribution in [0.2, 0.25) is 0 Å². The fourth-order valence-electron chi connectivity index (χ4n) is 2.65. The Kier molecular flexibility index (Phi) is 6.13. The molecule has 24 heavy (non-hydrogen) atoms. The van der Waals surface area contributed by atoms with Gasteiger partial charge in [0.05, 0.1) is 13.0 Å². The quantitative estimate of drug-likeness (QED) is 0.830. The molecule has 1 N–H and O–H groups in total. The van der Waals surface area contributed by atoms with Gasteiger partial charge in [0, 0.05) is 0 Å². The van der Waals surface area contributed by atoms with Gasteiger partial charge in [0.25, 0.3) is 0 Å². The van der Waals surface area contributed by atoms with E-state index in [0.29, 0.717) is 0 Å². The third-order valence-electron chi connectivity index (χ3n) is 3.95. The van der Waals surface area contributed by atoms with Crippen molar-refractivity contribution in [3.05, 3.63) is 71.8 Å². The largest absolute Gasteiger partial charge is 0.467 e. The summed E-state index contributed by atoms with van der Waals surface area (Å²) in [5, 5.41) is 2.85. The molecule has 4 nitrogen and oxygen atoms in total. The number of hydrogen-bond acceptors (Lipinski definition) is 3. The van der Waals surface area contributed by atoms with Gasteiger partial charge in [-0.25, -0.2) is 4.79 Å². The number of carbonyl (C=O) groups is 2. The normalized spacial score (nSPS) is 12.0. The van der Waals surface area contributed by atoms with E-state index in [1.807, 2.05) is 74.5 Å². The van der Waals surface area contributed by atoms with E-state index in [-0.39, 0.29) is 11.8 Å². The molecule has 126 valence electrons. The molecule has 0 aliphatic carbocycles. The van der Waals surface area contributed by atoms with Crippen molar-refractivity contribution >= 4 is 11.9 Å². The molecule has 0 heterocycles. The molecule has 0 aromatic heterocycles. The summed E-state index contributed by atoms with van der Waals surface area (Å²) in [5.41, 5.74) is 1.77. The summed E-state index contributed by atoms with van der Waals surface area (Å²) in [5.74, 6) is -1.18. The second kappa shape index (κ2) is 8.29. The van der Waals surface area contributed by atoms with Crippen LogP contribution < -0.4 is 5.32 Å². The molecule has 1 atom stereocenters. The number of nitrogens with one attached hydrogen (secondary N) is 1. The van der Waals surface area contributed by atoms with Gasteiger partial charge in [-0.2, -0.15) is 0 Å². The molecule has 2 aromatic carbocycles. The van der Waals surface area contributed by atoms with E-state index in [1.165, 1.54) is 7.11 Å².